The Morgan fingerprint density at radius 1 is 1.07 bits per heavy atom. The van der Waals surface area contributed by atoms with Crippen LogP contribution in [0.15, 0.2) is 67.0 Å². The molecule has 6 heteroatoms. The second kappa shape index (κ2) is 6.98. The lowest BCUT2D eigenvalue weighted by atomic mass is 10.1. The lowest BCUT2D eigenvalue weighted by Crippen LogP contribution is -2.20. The minimum Gasteiger partial charge on any atom is -0.486 e. The summed E-state index contributed by atoms with van der Waals surface area (Å²) >= 11 is 0. The van der Waals surface area contributed by atoms with E-state index in [2.05, 4.69) is 10.3 Å². The van der Waals surface area contributed by atoms with Crippen LogP contribution in [-0.2, 0) is 0 Å². The Kier molecular flexibility index (Phi) is 4.17. The fourth-order valence-electron chi connectivity index (χ4n) is 3.40. The molecule has 1 N–H and O–H groups in total. The Morgan fingerprint density at radius 2 is 1.90 bits per heavy atom. The van der Waals surface area contributed by atoms with Crippen LogP contribution in [0.5, 0.6) is 11.5 Å². The first-order valence-corrected chi connectivity index (χ1v) is 9.43. The Balaban J connectivity index is 1.37. The van der Waals surface area contributed by atoms with Gasteiger partial charge in [0.2, 0.25) is 0 Å². The average molecular weight is 385 g/mol. The van der Waals surface area contributed by atoms with Crippen molar-refractivity contribution in [3.8, 4) is 22.8 Å². The fraction of sp³-hybridized carbons (Fsp3) is 0.130. The van der Waals surface area contributed by atoms with Gasteiger partial charge in [0.25, 0.3) is 5.91 Å². The van der Waals surface area contributed by atoms with E-state index in [1.54, 1.807) is 18.2 Å². The molecular formula is C23H19N3O3. The van der Waals surface area contributed by atoms with Gasteiger partial charge in [0.15, 0.2) is 11.5 Å². The van der Waals surface area contributed by atoms with Gasteiger partial charge in [-0.2, -0.15) is 0 Å². The van der Waals surface area contributed by atoms with Gasteiger partial charge in [-0.15, -0.1) is 0 Å². The molecule has 0 radical (unpaired) electrons. The van der Waals surface area contributed by atoms with E-state index < -0.39 is 0 Å². The highest BCUT2D eigenvalue weighted by atomic mass is 16.6. The van der Waals surface area contributed by atoms with E-state index in [0.29, 0.717) is 36.0 Å². The molecule has 0 spiro atoms. The summed E-state index contributed by atoms with van der Waals surface area (Å²) in [7, 11) is 0. The highest BCUT2D eigenvalue weighted by Gasteiger charge is 2.20. The SMILES string of the molecule is Cc1ccn2cc(-c3ccc(NC(=O)c4cccc5c4OCCO5)cc3)nc2c1. The van der Waals surface area contributed by atoms with Crippen LogP contribution in [0.25, 0.3) is 16.9 Å². The third kappa shape index (κ3) is 3.29. The van der Waals surface area contributed by atoms with E-state index in [1.807, 2.05) is 60.1 Å². The van der Waals surface area contributed by atoms with Crippen LogP contribution in [0.3, 0.4) is 0 Å². The Bertz CT molecular complexity index is 1210. The van der Waals surface area contributed by atoms with Gasteiger partial charge in [-0.05, 0) is 48.9 Å². The molecule has 1 amide bonds. The van der Waals surface area contributed by atoms with Crippen molar-refractivity contribution < 1.29 is 14.3 Å². The van der Waals surface area contributed by atoms with Crippen LogP contribution in [0.4, 0.5) is 5.69 Å². The molecule has 6 nitrogen and oxygen atoms in total. The molecule has 0 saturated heterocycles. The lowest BCUT2D eigenvalue weighted by molar-refractivity contribution is 0.101. The van der Waals surface area contributed by atoms with E-state index in [9.17, 15) is 4.79 Å². The molecule has 2 aromatic heterocycles. The first-order chi connectivity index (χ1) is 14.2. The summed E-state index contributed by atoms with van der Waals surface area (Å²) in [5.41, 5.74) is 5.11. The maximum absolute atomic E-state index is 12.7. The van der Waals surface area contributed by atoms with Gasteiger partial charge in [0, 0.05) is 23.6 Å². The van der Waals surface area contributed by atoms with Gasteiger partial charge in [-0.25, -0.2) is 4.98 Å². The molecule has 3 heterocycles. The first-order valence-electron chi connectivity index (χ1n) is 9.43. The maximum atomic E-state index is 12.7. The lowest BCUT2D eigenvalue weighted by Gasteiger charge is -2.20. The average Bonchev–Trinajstić information content (AvgIpc) is 3.17. The molecule has 0 atom stereocenters. The zero-order chi connectivity index (χ0) is 19.8. The number of imidazole rings is 1. The fourth-order valence-corrected chi connectivity index (χ4v) is 3.40. The number of anilines is 1. The molecule has 0 bridgehead atoms. The summed E-state index contributed by atoms with van der Waals surface area (Å²) in [5, 5.41) is 2.92. The van der Waals surface area contributed by atoms with Crippen molar-refractivity contribution in [2.45, 2.75) is 6.92 Å². The largest absolute Gasteiger partial charge is 0.486 e. The van der Waals surface area contributed by atoms with Crippen molar-refractivity contribution in [1.29, 1.82) is 0 Å². The second-order valence-corrected chi connectivity index (χ2v) is 6.96. The van der Waals surface area contributed by atoms with Crippen LogP contribution in [0, 0.1) is 6.92 Å². The molecule has 4 aromatic rings. The van der Waals surface area contributed by atoms with Gasteiger partial charge < -0.3 is 19.2 Å². The molecule has 0 fully saturated rings. The minimum absolute atomic E-state index is 0.233. The number of hydrogen-bond donors (Lipinski definition) is 1. The zero-order valence-electron chi connectivity index (χ0n) is 15.9. The predicted molar refractivity (Wildman–Crippen MR) is 111 cm³/mol. The first kappa shape index (κ1) is 17.3. The molecule has 0 aliphatic carbocycles. The Morgan fingerprint density at radius 3 is 2.76 bits per heavy atom. The number of amides is 1. The van der Waals surface area contributed by atoms with Gasteiger partial charge >= 0.3 is 0 Å². The van der Waals surface area contributed by atoms with Crippen molar-refractivity contribution in [1.82, 2.24) is 9.38 Å². The summed E-state index contributed by atoms with van der Waals surface area (Å²) < 4.78 is 13.2. The van der Waals surface area contributed by atoms with Crippen molar-refractivity contribution in [2.75, 3.05) is 18.5 Å². The van der Waals surface area contributed by atoms with Gasteiger partial charge in [-0.1, -0.05) is 18.2 Å². The van der Waals surface area contributed by atoms with Crippen LogP contribution in [0.1, 0.15) is 15.9 Å². The standard InChI is InChI=1S/C23H19N3O3/c1-15-9-10-26-14-19(25-21(26)13-15)16-5-7-17(8-6-16)24-23(27)18-3-2-4-20-22(18)29-12-11-28-20/h2-10,13-14H,11-12H2,1H3,(H,24,27). The summed E-state index contributed by atoms with van der Waals surface area (Å²) in [6.07, 6.45) is 4.00. The van der Waals surface area contributed by atoms with Crippen LogP contribution < -0.4 is 14.8 Å². The van der Waals surface area contributed by atoms with Crippen LogP contribution >= 0.6 is 0 Å². The molecule has 144 valence electrons. The molecule has 2 aromatic carbocycles. The number of carbonyl (C=O) groups is 1. The number of pyridine rings is 1. The molecular weight excluding hydrogens is 366 g/mol. The summed E-state index contributed by atoms with van der Waals surface area (Å²) in [5.74, 6) is 0.859. The smallest absolute Gasteiger partial charge is 0.259 e. The predicted octanol–water partition coefficient (Wildman–Crippen LogP) is 4.33. The number of fused-ring (bicyclic) bond motifs is 2. The van der Waals surface area contributed by atoms with Crippen molar-refractivity contribution >= 4 is 17.2 Å². The number of nitrogens with one attached hydrogen (secondary N) is 1. The van der Waals surface area contributed by atoms with E-state index in [0.717, 1.165) is 16.9 Å². The topological polar surface area (TPSA) is 64.9 Å². The van der Waals surface area contributed by atoms with E-state index >= 15 is 0 Å². The van der Waals surface area contributed by atoms with Gasteiger partial charge in [0.1, 0.15) is 18.9 Å². The third-order valence-electron chi connectivity index (χ3n) is 4.87. The molecule has 0 unspecified atom stereocenters. The number of nitrogens with zero attached hydrogens (tertiary/aromatic N) is 2. The molecule has 0 saturated carbocycles. The number of aromatic nitrogens is 2. The molecule has 5 rings (SSSR count). The van der Waals surface area contributed by atoms with E-state index in [-0.39, 0.29) is 5.91 Å². The third-order valence-corrected chi connectivity index (χ3v) is 4.87. The van der Waals surface area contributed by atoms with E-state index in [1.165, 1.54) is 5.56 Å². The maximum Gasteiger partial charge on any atom is 0.259 e. The Hall–Kier alpha value is -3.80. The number of hydrogen-bond acceptors (Lipinski definition) is 4. The molecule has 1 aliphatic rings. The Labute approximate surface area is 167 Å². The van der Waals surface area contributed by atoms with Crippen molar-refractivity contribution in [2.24, 2.45) is 0 Å². The molecule has 1 aliphatic heterocycles. The van der Waals surface area contributed by atoms with Crippen molar-refractivity contribution in [3.05, 3.63) is 78.1 Å². The minimum atomic E-state index is -0.233. The number of ether oxygens (including phenoxy) is 2. The number of aryl methyl sites for hydroxylation is 1. The van der Waals surface area contributed by atoms with Crippen LogP contribution in [0.2, 0.25) is 0 Å². The monoisotopic (exact) mass is 385 g/mol. The summed E-state index contributed by atoms with van der Waals surface area (Å²) in [4.78, 5) is 17.4. The summed E-state index contributed by atoms with van der Waals surface area (Å²) in [6, 6.07) is 17.1. The number of carbonyl (C=O) groups excluding carboxylic acids is 1. The van der Waals surface area contributed by atoms with E-state index in [4.69, 9.17) is 9.47 Å². The highest BCUT2D eigenvalue weighted by Crippen LogP contribution is 2.34. The van der Waals surface area contributed by atoms with Crippen molar-refractivity contribution in [3.63, 3.8) is 0 Å². The number of para-hydroxylation sites is 1. The highest BCUT2D eigenvalue weighted by molar-refractivity contribution is 6.06. The zero-order valence-corrected chi connectivity index (χ0v) is 15.9. The van der Waals surface area contributed by atoms with Crippen LogP contribution in [-0.4, -0.2) is 28.5 Å². The normalized spacial score (nSPS) is 12.7. The van der Waals surface area contributed by atoms with Gasteiger partial charge in [0.05, 0.1) is 11.3 Å². The summed E-state index contributed by atoms with van der Waals surface area (Å²) in [6.45, 7) is 2.97. The molecule has 29 heavy (non-hydrogen) atoms. The number of benzene rings is 2. The quantitative estimate of drug-likeness (QED) is 0.570. The number of rotatable bonds is 3. The second-order valence-electron chi connectivity index (χ2n) is 6.96. The van der Waals surface area contributed by atoms with Gasteiger partial charge in [-0.3, -0.25) is 4.79 Å².